The van der Waals surface area contributed by atoms with Crippen molar-refractivity contribution < 1.29 is 14.3 Å². The summed E-state index contributed by atoms with van der Waals surface area (Å²) in [5.74, 6) is -0.448. The SMILES string of the molecule is O=C(Nc1ccc(O)cc1I)c1cc2ccccc2oc1=O. The Kier molecular flexibility index (Phi) is 3.84. The predicted molar refractivity (Wildman–Crippen MR) is 91.3 cm³/mol. The van der Waals surface area contributed by atoms with Gasteiger partial charge in [0, 0.05) is 8.96 Å². The van der Waals surface area contributed by atoms with E-state index in [9.17, 15) is 14.7 Å². The van der Waals surface area contributed by atoms with Crippen molar-refractivity contribution in [3.8, 4) is 5.75 Å². The van der Waals surface area contributed by atoms with Crippen LogP contribution in [0.3, 0.4) is 0 Å². The number of hydrogen-bond donors (Lipinski definition) is 2. The number of benzene rings is 2. The smallest absolute Gasteiger partial charge is 0.349 e. The van der Waals surface area contributed by atoms with Gasteiger partial charge in [-0.1, -0.05) is 18.2 Å². The second-order valence-electron chi connectivity index (χ2n) is 4.60. The molecule has 0 saturated heterocycles. The van der Waals surface area contributed by atoms with Crippen LogP contribution >= 0.6 is 22.6 Å². The van der Waals surface area contributed by atoms with Crippen molar-refractivity contribution in [3.63, 3.8) is 0 Å². The monoisotopic (exact) mass is 407 g/mol. The number of anilines is 1. The van der Waals surface area contributed by atoms with E-state index in [4.69, 9.17) is 4.42 Å². The number of hydrogen-bond acceptors (Lipinski definition) is 4. The van der Waals surface area contributed by atoms with Gasteiger partial charge in [-0.2, -0.15) is 0 Å². The van der Waals surface area contributed by atoms with Crippen LogP contribution in [-0.4, -0.2) is 11.0 Å². The third kappa shape index (κ3) is 2.82. The van der Waals surface area contributed by atoms with Crippen LogP contribution in [0, 0.1) is 3.57 Å². The molecule has 0 radical (unpaired) electrons. The molecule has 0 aliphatic rings. The number of carbonyl (C=O) groups excluding carboxylic acids is 1. The lowest BCUT2D eigenvalue weighted by Gasteiger charge is -2.07. The summed E-state index contributed by atoms with van der Waals surface area (Å²) in [5, 5.41) is 12.7. The summed E-state index contributed by atoms with van der Waals surface area (Å²) in [7, 11) is 0. The van der Waals surface area contributed by atoms with Crippen LogP contribution < -0.4 is 10.9 Å². The van der Waals surface area contributed by atoms with Gasteiger partial charge in [-0.05, 0) is 52.9 Å². The maximum absolute atomic E-state index is 12.3. The van der Waals surface area contributed by atoms with Crippen molar-refractivity contribution in [2.75, 3.05) is 5.32 Å². The number of nitrogens with one attached hydrogen (secondary N) is 1. The molecule has 0 atom stereocenters. The minimum Gasteiger partial charge on any atom is -0.508 e. The maximum atomic E-state index is 12.3. The van der Waals surface area contributed by atoms with Crippen LogP contribution in [-0.2, 0) is 0 Å². The summed E-state index contributed by atoms with van der Waals surface area (Å²) in [5.41, 5.74) is 0.187. The fraction of sp³-hybridized carbons (Fsp3) is 0. The second kappa shape index (κ2) is 5.80. The molecule has 2 aromatic carbocycles. The molecule has 0 fully saturated rings. The number of phenols is 1. The molecule has 0 bridgehead atoms. The molecule has 5 nitrogen and oxygen atoms in total. The summed E-state index contributed by atoms with van der Waals surface area (Å²) >= 11 is 1.99. The fourth-order valence-corrected chi connectivity index (χ4v) is 2.65. The Morgan fingerprint density at radius 2 is 1.91 bits per heavy atom. The average molecular weight is 407 g/mol. The largest absolute Gasteiger partial charge is 0.508 e. The average Bonchev–Trinajstić information content (AvgIpc) is 2.49. The van der Waals surface area contributed by atoms with Gasteiger partial charge in [0.2, 0.25) is 0 Å². The number of amides is 1. The zero-order chi connectivity index (χ0) is 15.7. The molecule has 3 rings (SSSR count). The third-order valence-corrected chi connectivity index (χ3v) is 3.98. The number of fused-ring (bicyclic) bond motifs is 1. The van der Waals surface area contributed by atoms with Gasteiger partial charge in [-0.3, -0.25) is 4.79 Å². The summed E-state index contributed by atoms with van der Waals surface area (Å²) < 4.78 is 5.81. The number of carbonyl (C=O) groups is 1. The Labute approximate surface area is 138 Å². The molecular weight excluding hydrogens is 397 g/mol. The Morgan fingerprint density at radius 3 is 2.68 bits per heavy atom. The molecule has 1 aromatic heterocycles. The van der Waals surface area contributed by atoms with E-state index in [-0.39, 0.29) is 11.3 Å². The zero-order valence-electron chi connectivity index (χ0n) is 11.2. The Bertz CT molecular complexity index is 933. The first kappa shape index (κ1) is 14.6. The van der Waals surface area contributed by atoms with E-state index in [0.717, 1.165) is 0 Å². The summed E-state index contributed by atoms with van der Waals surface area (Å²) in [6, 6.07) is 13.0. The van der Waals surface area contributed by atoms with E-state index in [1.54, 1.807) is 30.3 Å². The molecule has 1 amide bonds. The van der Waals surface area contributed by atoms with Crippen LogP contribution in [0.2, 0.25) is 0 Å². The minimum atomic E-state index is -0.690. The van der Waals surface area contributed by atoms with Crippen molar-refractivity contribution in [2.45, 2.75) is 0 Å². The molecule has 0 aliphatic heterocycles. The first-order valence-corrected chi connectivity index (χ1v) is 7.45. The molecule has 22 heavy (non-hydrogen) atoms. The van der Waals surface area contributed by atoms with E-state index in [1.165, 1.54) is 18.2 Å². The molecule has 0 saturated carbocycles. The highest BCUT2D eigenvalue weighted by molar-refractivity contribution is 14.1. The highest BCUT2D eigenvalue weighted by atomic mass is 127. The van der Waals surface area contributed by atoms with Gasteiger partial charge in [0.05, 0.1) is 5.69 Å². The van der Waals surface area contributed by atoms with Crippen LogP contribution in [0.25, 0.3) is 11.0 Å². The number of para-hydroxylation sites is 1. The van der Waals surface area contributed by atoms with Crippen molar-refractivity contribution in [3.05, 3.63) is 68.1 Å². The van der Waals surface area contributed by atoms with Crippen LogP contribution in [0.15, 0.2) is 57.7 Å². The van der Waals surface area contributed by atoms with Crippen LogP contribution in [0.4, 0.5) is 5.69 Å². The van der Waals surface area contributed by atoms with Crippen molar-refractivity contribution >= 4 is 45.2 Å². The van der Waals surface area contributed by atoms with Crippen molar-refractivity contribution in [2.24, 2.45) is 0 Å². The molecule has 0 unspecified atom stereocenters. The number of halogens is 1. The number of rotatable bonds is 2. The standard InChI is InChI=1S/C16H10INO4/c17-12-8-10(19)5-6-13(12)18-15(20)11-7-9-3-1-2-4-14(9)22-16(11)21/h1-8,19H,(H,18,20). The molecule has 2 N–H and O–H groups in total. The number of aromatic hydroxyl groups is 1. The number of phenolic OH excluding ortho intramolecular Hbond substituents is 1. The molecule has 0 aliphatic carbocycles. The van der Waals surface area contributed by atoms with Gasteiger partial charge in [0.25, 0.3) is 5.91 Å². The third-order valence-electron chi connectivity index (χ3n) is 3.09. The predicted octanol–water partition coefficient (Wildman–Crippen LogP) is 3.36. The van der Waals surface area contributed by atoms with Gasteiger partial charge in [0.1, 0.15) is 16.9 Å². The molecule has 1 heterocycles. The van der Waals surface area contributed by atoms with Crippen LogP contribution in [0.1, 0.15) is 10.4 Å². The van der Waals surface area contributed by atoms with Crippen molar-refractivity contribution in [1.82, 2.24) is 0 Å². The molecule has 3 aromatic rings. The van der Waals surface area contributed by atoms with Crippen LogP contribution in [0.5, 0.6) is 5.75 Å². The van der Waals surface area contributed by atoms with Gasteiger partial charge >= 0.3 is 5.63 Å². The lowest BCUT2D eigenvalue weighted by molar-refractivity contribution is 0.102. The molecule has 6 heteroatoms. The molecule has 110 valence electrons. The Hall–Kier alpha value is -2.35. The van der Waals surface area contributed by atoms with E-state index in [1.807, 2.05) is 22.6 Å². The minimum absolute atomic E-state index is 0.0671. The maximum Gasteiger partial charge on any atom is 0.349 e. The summed E-state index contributed by atoms with van der Waals surface area (Å²) in [6.07, 6.45) is 0. The summed E-state index contributed by atoms with van der Waals surface area (Å²) in [4.78, 5) is 24.2. The zero-order valence-corrected chi connectivity index (χ0v) is 13.3. The van der Waals surface area contributed by atoms with Gasteiger partial charge < -0.3 is 14.8 Å². The normalized spacial score (nSPS) is 10.6. The van der Waals surface area contributed by atoms with Gasteiger partial charge in [0.15, 0.2) is 0 Å². The molecule has 0 spiro atoms. The van der Waals surface area contributed by atoms with E-state index < -0.39 is 11.5 Å². The highest BCUT2D eigenvalue weighted by Gasteiger charge is 2.15. The van der Waals surface area contributed by atoms with E-state index >= 15 is 0 Å². The van der Waals surface area contributed by atoms with Gasteiger partial charge in [-0.15, -0.1) is 0 Å². The topological polar surface area (TPSA) is 79.5 Å². The van der Waals surface area contributed by atoms with Gasteiger partial charge in [-0.25, -0.2) is 4.79 Å². The fourth-order valence-electron chi connectivity index (χ4n) is 2.02. The Balaban J connectivity index is 1.98. The molecular formula is C16H10INO4. The lowest BCUT2D eigenvalue weighted by atomic mass is 10.1. The van der Waals surface area contributed by atoms with E-state index in [2.05, 4.69) is 5.32 Å². The van der Waals surface area contributed by atoms with Crippen molar-refractivity contribution in [1.29, 1.82) is 0 Å². The first-order chi connectivity index (χ1) is 10.5. The quantitative estimate of drug-likeness (QED) is 0.388. The summed E-state index contributed by atoms with van der Waals surface area (Å²) in [6.45, 7) is 0. The highest BCUT2D eigenvalue weighted by Crippen LogP contribution is 2.23. The lowest BCUT2D eigenvalue weighted by Crippen LogP contribution is -2.21. The second-order valence-corrected chi connectivity index (χ2v) is 5.77. The Morgan fingerprint density at radius 1 is 1.14 bits per heavy atom. The first-order valence-electron chi connectivity index (χ1n) is 6.37. The van der Waals surface area contributed by atoms with E-state index in [0.29, 0.717) is 20.2 Å².